The molecule has 0 aliphatic carbocycles. The first-order valence-electron chi connectivity index (χ1n) is 17.4. The van der Waals surface area contributed by atoms with Crippen molar-refractivity contribution in [3.63, 3.8) is 0 Å². The smallest absolute Gasteiger partial charge is 0.330 e. The number of esters is 2. The van der Waals surface area contributed by atoms with Gasteiger partial charge in [0, 0.05) is 18.2 Å². The first-order chi connectivity index (χ1) is 26.3. The van der Waals surface area contributed by atoms with E-state index in [4.69, 9.17) is 23.7 Å². The van der Waals surface area contributed by atoms with Crippen LogP contribution < -0.4 is 14.2 Å². The van der Waals surface area contributed by atoms with Crippen LogP contribution in [0, 0.1) is 13.8 Å². The molecule has 0 heterocycles. The molecule has 0 aliphatic rings. The normalized spacial score (nSPS) is 11.2. The third kappa shape index (κ3) is 13.6. The second kappa shape index (κ2) is 21.8. The SMILES string of the molecule is C=CC(=O)OCCCCOc1ccc(N=Nc2ccc(N=Nc3ccc(N=Nc4ccc(OCCCCOC(=O)C=C)c(OC)c4)cc3C)cc2)cc1C. The van der Waals surface area contributed by atoms with Gasteiger partial charge in [0.15, 0.2) is 11.5 Å². The molecule has 0 saturated carbocycles. The maximum Gasteiger partial charge on any atom is 0.330 e. The number of rotatable bonds is 21. The molecule has 0 radical (unpaired) electrons. The summed E-state index contributed by atoms with van der Waals surface area (Å²) in [6.07, 6.45) is 5.14. The summed E-state index contributed by atoms with van der Waals surface area (Å²) >= 11 is 0. The van der Waals surface area contributed by atoms with Gasteiger partial charge in [0.05, 0.1) is 67.7 Å². The molecule has 0 aromatic heterocycles. The van der Waals surface area contributed by atoms with Crippen molar-refractivity contribution in [1.29, 1.82) is 0 Å². The van der Waals surface area contributed by atoms with Gasteiger partial charge in [-0.2, -0.15) is 30.7 Å². The van der Waals surface area contributed by atoms with Crippen LogP contribution in [0.4, 0.5) is 34.1 Å². The lowest BCUT2D eigenvalue weighted by Gasteiger charge is -2.11. The van der Waals surface area contributed by atoms with Gasteiger partial charge in [-0.1, -0.05) is 13.2 Å². The van der Waals surface area contributed by atoms with Crippen LogP contribution in [-0.4, -0.2) is 45.5 Å². The minimum absolute atomic E-state index is 0.315. The van der Waals surface area contributed by atoms with E-state index >= 15 is 0 Å². The highest BCUT2D eigenvalue weighted by atomic mass is 16.5. The highest BCUT2D eigenvalue weighted by Gasteiger charge is 2.07. The Hall–Kier alpha value is -6.50. The summed E-state index contributed by atoms with van der Waals surface area (Å²) in [7, 11) is 1.56. The molecule has 0 aliphatic heterocycles. The Morgan fingerprint density at radius 2 is 0.944 bits per heavy atom. The van der Waals surface area contributed by atoms with Crippen molar-refractivity contribution in [2.45, 2.75) is 39.5 Å². The Morgan fingerprint density at radius 1 is 0.519 bits per heavy atom. The molecule has 54 heavy (non-hydrogen) atoms. The van der Waals surface area contributed by atoms with E-state index in [1.807, 2.05) is 74.5 Å². The van der Waals surface area contributed by atoms with E-state index in [9.17, 15) is 9.59 Å². The van der Waals surface area contributed by atoms with Crippen molar-refractivity contribution in [3.05, 3.63) is 115 Å². The van der Waals surface area contributed by atoms with Gasteiger partial charge in [-0.05, 0) is 123 Å². The summed E-state index contributed by atoms with van der Waals surface area (Å²) in [5, 5.41) is 26.2. The van der Waals surface area contributed by atoms with Crippen LogP contribution in [0.1, 0.15) is 36.8 Å². The Labute approximate surface area is 315 Å². The van der Waals surface area contributed by atoms with Crippen LogP contribution >= 0.6 is 0 Å². The van der Waals surface area contributed by atoms with Gasteiger partial charge in [0.1, 0.15) is 5.75 Å². The van der Waals surface area contributed by atoms with Crippen LogP contribution in [0.3, 0.4) is 0 Å². The van der Waals surface area contributed by atoms with Crippen LogP contribution in [-0.2, 0) is 19.1 Å². The molecule has 280 valence electrons. The zero-order valence-corrected chi connectivity index (χ0v) is 30.8. The maximum atomic E-state index is 11.1. The second-order valence-corrected chi connectivity index (χ2v) is 11.7. The van der Waals surface area contributed by atoms with E-state index in [1.165, 1.54) is 0 Å². The Morgan fingerprint density at radius 3 is 1.46 bits per heavy atom. The minimum Gasteiger partial charge on any atom is -0.493 e. The lowest BCUT2D eigenvalue weighted by atomic mass is 10.2. The van der Waals surface area contributed by atoms with Gasteiger partial charge in [0.25, 0.3) is 0 Å². The van der Waals surface area contributed by atoms with Crippen molar-refractivity contribution < 1.29 is 33.3 Å². The molecule has 4 rings (SSSR count). The zero-order valence-electron chi connectivity index (χ0n) is 30.8. The van der Waals surface area contributed by atoms with Gasteiger partial charge < -0.3 is 23.7 Å². The van der Waals surface area contributed by atoms with E-state index < -0.39 is 11.9 Å². The molecule has 13 nitrogen and oxygen atoms in total. The van der Waals surface area contributed by atoms with E-state index in [-0.39, 0.29) is 0 Å². The fourth-order valence-electron chi connectivity index (χ4n) is 4.67. The van der Waals surface area contributed by atoms with Gasteiger partial charge in [-0.15, -0.1) is 0 Å². The molecule has 0 bridgehead atoms. The molecule has 0 unspecified atom stereocenters. The molecule has 0 spiro atoms. The number of methoxy groups -OCH3 is 1. The third-order valence-corrected chi connectivity index (χ3v) is 7.59. The maximum absolute atomic E-state index is 11.1. The minimum atomic E-state index is -0.433. The fourth-order valence-corrected chi connectivity index (χ4v) is 4.67. The van der Waals surface area contributed by atoms with Crippen LogP contribution in [0.15, 0.2) is 135 Å². The molecule has 0 N–H and O–H groups in total. The van der Waals surface area contributed by atoms with Crippen molar-refractivity contribution in [3.8, 4) is 17.2 Å². The van der Waals surface area contributed by atoms with Crippen LogP contribution in [0.25, 0.3) is 0 Å². The monoisotopic (exact) mass is 732 g/mol. The number of hydrogen-bond acceptors (Lipinski definition) is 13. The first kappa shape index (κ1) is 40.3. The van der Waals surface area contributed by atoms with Crippen LogP contribution in [0.2, 0.25) is 0 Å². The Balaban J connectivity index is 1.24. The summed E-state index contributed by atoms with van der Waals surface area (Å²) in [6, 6.07) is 23.8. The number of carbonyl (C=O) groups is 2. The number of benzene rings is 4. The number of aryl methyl sites for hydroxylation is 2. The van der Waals surface area contributed by atoms with Crippen molar-refractivity contribution in [1.82, 2.24) is 0 Å². The topological polar surface area (TPSA) is 154 Å². The quantitative estimate of drug-likeness (QED) is 0.0357. The largest absolute Gasteiger partial charge is 0.493 e. The average Bonchev–Trinajstić information content (AvgIpc) is 3.19. The molecule has 4 aromatic carbocycles. The Bertz CT molecular complexity index is 1980. The van der Waals surface area contributed by atoms with E-state index in [2.05, 4.69) is 43.8 Å². The van der Waals surface area contributed by atoms with Crippen molar-refractivity contribution in [2.75, 3.05) is 33.5 Å². The highest BCUT2D eigenvalue weighted by Crippen LogP contribution is 2.33. The van der Waals surface area contributed by atoms with Gasteiger partial charge in [0.2, 0.25) is 0 Å². The van der Waals surface area contributed by atoms with Gasteiger partial charge >= 0.3 is 11.9 Å². The van der Waals surface area contributed by atoms with Crippen molar-refractivity contribution >= 4 is 46.1 Å². The Kier molecular flexibility index (Phi) is 16.2. The molecule has 0 atom stereocenters. The number of azo groups is 3. The zero-order chi connectivity index (χ0) is 38.5. The number of ether oxygens (including phenoxy) is 5. The van der Waals surface area contributed by atoms with E-state index in [1.54, 1.807) is 25.3 Å². The van der Waals surface area contributed by atoms with Crippen molar-refractivity contribution in [2.24, 2.45) is 30.7 Å². The predicted molar refractivity (Wildman–Crippen MR) is 206 cm³/mol. The second-order valence-electron chi connectivity index (χ2n) is 11.7. The number of carbonyl (C=O) groups excluding carboxylic acids is 2. The molecule has 13 heteroatoms. The number of unbranched alkanes of at least 4 members (excludes halogenated alkanes) is 2. The summed E-state index contributed by atoms with van der Waals surface area (Å²) in [5.74, 6) is 1.04. The lowest BCUT2D eigenvalue weighted by molar-refractivity contribution is -0.138. The predicted octanol–water partition coefficient (Wildman–Crippen LogP) is 11.3. The van der Waals surface area contributed by atoms with Gasteiger partial charge in [-0.25, -0.2) is 9.59 Å². The highest BCUT2D eigenvalue weighted by molar-refractivity contribution is 5.81. The lowest BCUT2D eigenvalue weighted by Crippen LogP contribution is -2.04. The molecule has 0 saturated heterocycles. The van der Waals surface area contributed by atoms with E-state index in [0.717, 1.165) is 35.4 Å². The third-order valence-electron chi connectivity index (χ3n) is 7.59. The fraction of sp³-hybridized carbons (Fsp3) is 0.268. The first-order valence-corrected chi connectivity index (χ1v) is 17.4. The van der Waals surface area contributed by atoms with Gasteiger partial charge in [-0.3, -0.25) is 0 Å². The molecule has 0 amide bonds. The van der Waals surface area contributed by atoms with E-state index in [0.29, 0.717) is 91.3 Å². The number of nitrogens with zero attached hydrogens (tertiary/aromatic N) is 6. The molecular formula is C41H44N6O7. The molecule has 0 fully saturated rings. The molecular weight excluding hydrogens is 688 g/mol. The summed E-state index contributed by atoms with van der Waals surface area (Å²) in [5.41, 5.74) is 5.86. The summed E-state index contributed by atoms with van der Waals surface area (Å²) in [4.78, 5) is 22.2. The molecule has 4 aromatic rings. The summed E-state index contributed by atoms with van der Waals surface area (Å²) < 4.78 is 27.1. The standard InChI is InChI=1S/C41H44N6O7/c1-6-40(48)53-24-10-8-22-51-37-20-17-34(27-30(37)4)44-42-31-12-14-32(15-13-31)43-47-36-19-16-33(26-29(36)3)45-46-35-18-21-38(39(28-35)50-5)52-23-9-11-25-54-41(49)7-2/h6-7,12-21,26-28H,1-2,8-11,22-25H2,3-5H3. The van der Waals surface area contributed by atoms with Crippen LogP contribution in [0.5, 0.6) is 17.2 Å². The summed E-state index contributed by atoms with van der Waals surface area (Å²) in [6.45, 7) is 12.3. The average molecular weight is 733 g/mol. The number of hydrogen-bond donors (Lipinski definition) is 0.